The smallest absolute Gasteiger partial charge is 0.355 e. The van der Waals surface area contributed by atoms with E-state index in [1.165, 1.54) is 24.3 Å². The first-order chi connectivity index (χ1) is 15.3. The molecule has 0 saturated carbocycles. The number of benzene rings is 2. The van der Waals surface area contributed by atoms with Crippen molar-refractivity contribution in [2.45, 2.75) is 0 Å². The Bertz CT molecular complexity index is 1220. The lowest BCUT2D eigenvalue weighted by molar-refractivity contribution is -0.119. The second-order valence-corrected chi connectivity index (χ2v) is 6.39. The van der Waals surface area contributed by atoms with Gasteiger partial charge in [0.2, 0.25) is 0 Å². The zero-order chi connectivity index (χ0) is 23.1. The molecule has 0 aliphatic carbocycles. The van der Waals surface area contributed by atoms with Crippen LogP contribution < -0.4 is 26.6 Å². The molecular formula is C21H18N4O7. The van der Waals surface area contributed by atoms with E-state index in [1.54, 1.807) is 31.4 Å². The molecule has 11 nitrogen and oxygen atoms in total. The first-order valence-corrected chi connectivity index (χ1v) is 9.20. The molecule has 164 valence electrons. The van der Waals surface area contributed by atoms with Gasteiger partial charge in [0, 0.05) is 23.0 Å². The molecule has 0 bridgehead atoms. The molecule has 1 aromatic heterocycles. The summed E-state index contributed by atoms with van der Waals surface area (Å²) in [5, 5.41) is 5.24. The number of hydrogen-bond donors (Lipinski definition) is 4. The van der Waals surface area contributed by atoms with Gasteiger partial charge in [0.1, 0.15) is 11.4 Å². The van der Waals surface area contributed by atoms with Crippen LogP contribution in [0.3, 0.4) is 0 Å². The molecule has 0 fully saturated rings. The first-order valence-electron chi connectivity index (χ1n) is 9.20. The lowest BCUT2D eigenvalue weighted by Gasteiger charge is -2.08. The van der Waals surface area contributed by atoms with E-state index in [1.807, 2.05) is 4.98 Å². The molecule has 3 aromatic rings. The third kappa shape index (κ3) is 5.92. The van der Waals surface area contributed by atoms with E-state index in [2.05, 4.69) is 15.6 Å². The molecule has 0 unspecified atom stereocenters. The number of nitrogens with one attached hydrogen (secondary N) is 4. The predicted octanol–water partition coefficient (Wildman–Crippen LogP) is 1.12. The minimum absolute atomic E-state index is 0.339. The monoisotopic (exact) mass is 438 g/mol. The number of ether oxygens (including phenoxy) is 2. The van der Waals surface area contributed by atoms with Crippen molar-refractivity contribution < 1.29 is 23.9 Å². The number of amides is 2. The van der Waals surface area contributed by atoms with Crippen LogP contribution in [0.25, 0.3) is 0 Å². The fourth-order valence-corrected chi connectivity index (χ4v) is 2.57. The van der Waals surface area contributed by atoms with E-state index in [0.717, 1.165) is 6.07 Å². The Balaban J connectivity index is 1.52. The van der Waals surface area contributed by atoms with E-state index in [-0.39, 0.29) is 11.6 Å². The zero-order valence-electron chi connectivity index (χ0n) is 16.8. The van der Waals surface area contributed by atoms with Crippen LogP contribution in [0.5, 0.6) is 5.75 Å². The summed E-state index contributed by atoms with van der Waals surface area (Å²) >= 11 is 0. The van der Waals surface area contributed by atoms with Crippen LogP contribution in [-0.2, 0) is 9.53 Å². The Kier molecular flexibility index (Phi) is 6.81. The summed E-state index contributed by atoms with van der Waals surface area (Å²) in [4.78, 5) is 62.5. The Morgan fingerprint density at radius 3 is 2.12 bits per heavy atom. The maximum absolute atomic E-state index is 12.3. The van der Waals surface area contributed by atoms with E-state index in [0.29, 0.717) is 22.7 Å². The minimum Gasteiger partial charge on any atom is -0.497 e. The average molecular weight is 438 g/mol. The van der Waals surface area contributed by atoms with Gasteiger partial charge in [0.05, 0.1) is 7.11 Å². The molecule has 0 spiro atoms. The van der Waals surface area contributed by atoms with Crippen molar-refractivity contribution in [3.63, 3.8) is 0 Å². The molecule has 3 rings (SSSR count). The Morgan fingerprint density at radius 2 is 1.50 bits per heavy atom. The zero-order valence-corrected chi connectivity index (χ0v) is 16.8. The third-order valence-electron chi connectivity index (χ3n) is 4.09. The number of H-pyrrole nitrogens is 2. The van der Waals surface area contributed by atoms with Crippen LogP contribution in [0.2, 0.25) is 0 Å². The lowest BCUT2D eigenvalue weighted by Crippen LogP contribution is -2.27. The van der Waals surface area contributed by atoms with Gasteiger partial charge in [-0.25, -0.2) is 9.59 Å². The average Bonchev–Trinajstić information content (AvgIpc) is 2.77. The molecule has 0 aliphatic rings. The predicted molar refractivity (Wildman–Crippen MR) is 114 cm³/mol. The maximum Gasteiger partial charge on any atom is 0.355 e. The summed E-state index contributed by atoms with van der Waals surface area (Å²) in [5.41, 5.74) is -0.693. The number of aromatic amines is 2. The molecule has 11 heteroatoms. The van der Waals surface area contributed by atoms with Gasteiger partial charge in [-0.3, -0.25) is 19.4 Å². The van der Waals surface area contributed by atoms with Gasteiger partial charge in [-0.2, -0.15) is 0 Å². The molecule has 2 aromatic carbocycles. The number of esters is 1. The second kappa shape index (κ2) is 9.89. The highest BCUT2D eigenvalue weighted by molar-refractivity contribution is 6.04. The highest BCUT2D eigenvalue weighted by Gasteiger charge is 2.13. The van der Waals surface area contributed by atoms with Crippen molar-refractivity contribution in [1.29, 1.82) is 0 Å². The summed E-state index contributed by atoms with van der Waals surface area (Å²) in [6, 6.07) is 13.7. The van der Waals surface area contributed by atoms with Gasteiger partial charge in [-0.1, -0.05) is 0 Å². The van der Waals surface area contributed by atoms with Gasteiger partial charge in [-0.15, -0.1) is 0 Å². The number of methoxy groups -OCH3 is 1. The first kappa shape index (κ1) is 22.0. The number of anilines is 2. The molecule has 0 aliphatic heterocycles. The fourth-order valence-electron chi connectivity index (χ4n) is 2.57. The standard InChI is InChI=1S/C21H18N4O7/c1-31-15-8-6-14(7-9-15)23-19(28)12-2-4-13(5-3-12)22-18(27)11-32-20(29)16-10-17(26)25-21(30)24-16/h2-10H,11H2,1H3,(H,22,27)(H,23,28)(H2,24,25,26,30). The molecular weight excluding hydrogens is 420 g/mol. The van der Waals surface area contributed by atoms with Gasteiger partial charge < -0.3 is 25.1 Å². The van der Waals surface area contributed by atoms with Gasteiger partial charge in [0.15, 0.2) is 6.61 Å². The van der Waals surface area contributed by atoms with E-state index in [4.69, 9.17) is 9.47 Å². The van der Waals surface area contributed by atoms with Gasteiger partial charge in [0.25, 0.3) is 17.4 Å². The van der Waals surface area contributed by atoms with E-state index >= 15 is 0 Å². The van der Waals surface area contributed by atoms with Crippen molar-refractivity contribution in [3.8, 4) is 5.75 Å². The van der Waals surface area contributed by atoms with Crippen LogP contribution in [0.4, 0.5) is 11.4 Å². The SMILES string of the molecule is COc1ccc(NC(=O)c2ccc(NC(=O)COC(=O)c3cc(=O)[nH]c(=O)[nH]3)cc2)cc1. The van der Waals surface area contributed by atoms with Gasteiger partial charge >= 0.3 is 11.7 Å². The number of carbonyl (C=O) groups is 3. The van der Waals surface area contributed by atoms with Crippen LogP contribution in [0.15, 0.2) is 64.2 Å². The Morgan fingerprint density at radius 1 is 0.875 bits per heavy atom. The maximum atomic E-state index is 12.3. The van der Waals surface area contributed by atoms with Crippen molar-refractivity contribution >= 4 is 29.2 Å². The fraction of sp³-hybridized carbons (Fsp3) is 0.0952. The Hall–Kier alpha value is -4.67. The topological polar surface area (TPSA) is 159 Å². The van der Waals surface area contributed by atoms with Crippen molar-refractivity contribution in [2.75, 3.05) is 24.4 Å². The van der Waals surface area contributed by atoms with E-state index < -0.39 is 29.7 Å². The number of aromatic nitrogens is 2. The van der Waals surface area contributed by atoms with E-state index in [9.17, 15) is 24.0 Å². The molecule has 32 heavy (non-hydrogen) atoms. The second-order valence-electron chi connectivity index (χ2n) is 6.39. The molecule has 0 saturated heterocycles. The normalized spacial score (nSPS) is 10.2. The highest BCUT2D eigenvalue weighted by Crippen LogP contribution is 2.16. The number of hydrogen-bond acceptors (Lipinski definition) is 7. The van der Waals surface area contributed by atoms with Crippen LogP contribution in [0.1, 0.15) is 20.8 Å². The summed E-state index contributed by atoms with van der Waals surface area (Å²) in [6.45, 7) is -0.645. The lowest BCUT2D eigenvalue weighted by atomic mass is 10.2. The van der Waals surface area contributed by atoms with Crippen molar-refractivity contribution in [1.82, 2.24) is 9.97 Å². The van der Waals surface area contributed by atoms with Crippen LogP contribution in [0, 0.1) is 0 Å². The molecule has 4 N–H and O–H groups in total. The Labute approximate surface area is 180 Å². The number of rotatable bonds is 7. The van der Waals surface area contributed by atoms with Crippen molar-refractivity contribution in [2.24, 2.45) is 0 Å². The largest absolute Gasteiger partial charge is 0.497 e. The molecule has 2 amide bonds. The molecule has 0 radical (unpaired) electrons. The minimum atomic E-state index is -1.03. The number of carbonyl (C=O) groups excluding carboxylic acids is 3. The quantitative estimate of drug-likeness (QED) is 0.402. The van der Waals surface area contributed by atoms with Crippen LogP contribution >= 0.6 is 0 Å². The molecule has 0 atom stereocenters. The molecule has 1 heterocycles. The van der Waals surface area contributed by atoms with Crippen LogP contribution in [-0.4, -0.2) is 41.5 Å². The third-order valence-corrected chi connectivity index (χ3v) is 4.09. The summed E-state index contributed by atoms with van der Waals surface area (Å²) < 4.78 is 9.83. The highest BCUT2D eigenvalue weighted by atomic mass is 16.5. The summed E-state index contributed by atoms with van der Waals surface area (Å²) in [7, 11) is 1.55. The summed E-state index contributed by atoms with van der Waals surface area (Å²) in [5.74, 6) is -1.36. The van der Waals surface area contributed by atoms with Crippen molar-refractivity contribution in [3.05, 3.63) is 86.7 Å². The summed E-state index contributed by atoms with van der Waals surface area (Å²) in [6.07, 6.45) is 0. The van der Waals surface area contributed by atoms with Gasteiger partial charge in [-0.05, 0) is 48.5 Å².